The van der Waals surface area contributed by atoms with E-state index in [0.717, 1.165) is 50.0 Å². The Morgan fingerprint density at radius 2 is 1.96 bits per heavy atom. The molecule has 3 aliphatic heterocycles. The summed E-state index contributed by atoms with van der Waals surface area (Å²) >= 11 is 7.99. The largest absolute Gasteiger partial charge is 0.489 e. The van der Waals surface area contributed by atoms with Gasteiger partial charge in [0.2, 0.25) is 5.91 Å². The Hall–Kier alpha value is -3.99. The zero-order chi connectivity index (χ0) is 33.5. The first-order chi connectivity index (χ1) is 23.1. The molecular formula is C34H34ClF2N7O3S. The number of nitrogens with two attached hydrogens (primary N) is 1. The summed E-state index contributed by atoms with van der Waals surface area (Å²) < 4.78 is 45.3. The summed E-state index contributed by atoms with van der Waals surface area (Å²) in [5, 5.41) is 10.5. The normalized spacial score (nSPS) is 22.6. The number of hydrogen-bond donors (Lipinski definition) is 1. The molecule has 4 aromatic rings. The lowest BCUT2D eigenvalue weighted by atomic mass is 9.74. The second-order valence-corrected chi connectivity index (χ2v) is 14.8. The molecule has 2 atom stereocenters. The van der Waals surface area contributed by atoms with Gasteiger partial charge in [-0.15, -0.1) is 11.3 Å². The number of nitrogens with zero attached hydrogens (tertiary/aromatic N) is 6. The van der Waals surface area contributed by atoms with Crippen molar-refractivity contribution in [3.05, 3.63) is 34.4 Å². The van der Waals surface area contributed by atoms with Crippen LogP contribution in [0.1, 0.15) is 50.5 Å². The van der Waals surface area contributed by atoms with Gasteiger partial charge < -0.3 is 25.0 Å². The van der Waals surface area contributed by atoms with Crippen LogP contribution in [0, 0.1) is 23.0 Å². The molecule has 2 fully saturated rings. The fraction of sp³-hybridized carbons (Fsp3) is 0.471. The van der Waals surface area contributed by atoms with Crippen LogP contribution in [0.5, 0.6) is 11.8 Å². The number of hydrogen-bond acceptors (Lipinski definition) is 10. The molecule has 1 amide bonds. The summed E-state index contributed by atoms with van der Waals surface area (Å²) in [6.45, 7) is 1.97. The van der Waals surface area contributed by atoms with Crippen molar-refractivity contribution >= 4 is 60.7 Å². The fourth-order valence-electron chi connectivity index (χ4n) is 8.02. The van der Waals surface area contributed by atoms with Crippen molar-refractivity contribution in [2.75, 3.05) is 51.0 Å². The van der Waals surface area contributed by atoms with Gasteiger partial charge in [-0.3, -0.25) is 9.69 Å². The maximum Gasteiger partial charge on any atom is 0.319 e. The van der Waals surface area contributed by atoms with Crippen LogP contribution in [0.4, 0.5) is 19.6 Å². The van der Waals surface area contributed by atoms with Crippen LogP contribution >= 0.6 is 22.9 Å². The number of thiophene rings is 1. The van der Waals surface area contributed by atoms with Gasteiger partial charge in [0.15, 0.2) is 11.6 Å². The van der Waals surface area contributed by atoms with Gasteiger partial charge in [-0.25, -0.2) is 8.78 Å². The average Bonchev–Trinajstić information content (AvgIpc) is 3.58. The Morgan fingerprint density at radius 3 is 2.67 bits per heavy atom. The third-order valence-electron chi connectivity index (χ3n) is 10.8. The molecule has 10 nitrogen and oxygen atoms in total. The van der Waals surface area contributed by atoms with Gasteiger partial charge in [0, 0.05) is 37.0 Å². The van der Waals surface area contributed by atoms with Crippen molar-refractivity contribution < 1.29 is 23.0 Å². The third-order valence-corrected chi connectivity index (χ3v) is 12.2. The summed E-state index contributed by atoms with van der Waals surface area (Å²) in [5.74, 6) is -0.667. The quantitative estimate of drug-likeness (QED) is 0.265. The average molecular weight is 694 g/mol. The maximum atomic E-state index is 17.3. The number of carbonyl (C=O) groups is 1. The fourth-order valence-corrected chi connectivity index (χ4v) is 9.31. The molecule has 1 saturated carbocycles. The van der Waals surface area contributed by atoms with E-state index in [1.54, 1.807) is 0 Å². The molecule has 14 heteroatoms. The number of nitrogen functional groups attached to an aromatic ring is 1. The molecule has 2 aromatic carbocycles. The Kier molecular flexibility index (Phi) is 7.54. The van der Waals surface area contributed by atoms with E-state index in [0.29, 0.717) is 37.1 Å². The standard InChI is InChI=1S/C34H34ClF2N7O3S/c1-42-12-3-5-20(42)21-8-9-22(45)43(2)34(10-4-11-34)16-44-13-14-46-29-25-28(40-33(47-21)41-32(25)44)27(37)24(26(29)35)17-6-7-19(36)30-23(17)18(15-38)31(39)48-30/h6-7,20-21H,3-5,8-14,16,39H2,1-2H3/t20-,21?/m0/s1. The minimum absolute atomic E-state index is 0.00129. The van der Waals surface area contributed by atoms with Gasteiger partial charge in [0.25, 0.3) is 0 Å². The number of rotatable bonds is 2. The first-order valence-electron chi connectivity index (χ1n) is 16.3. The number of likely N-dealkylation sites (tertiary alicyclic amines) is 1. The lowest BCUT2D eigenvalue weighted by molar-refractivity contribution is -0.139. The molecule has 5 heterocycles. The molecule has 2 N–H and O–H groups in total. The van der Waals surface area contributed by atoms with E-state index in [4.69, 9.17) is 31.8 Å². The molecule has 2 aromatic heterocycles. The summed E-state index contributed by atoms with van der Waals surface area (Å²) in [6.07, 6.45) is 4.91. The van der Waals surface area contributed by atoms with Crippen molar-refractivity contribution in [1.29, 1.82) is 5.26 Å². The number of amides is 1. The zero-order valence-electron chi connectivity index (χ0n) is 26.6. The zero-order valence-corrected chi connectivity index (χ0v) is 28.2. The number of nitriles is 1. The van der Waals surface area contributed by atoms with E-state index in [1.165, 1.54) is 12.1 Å². The number of fused-ring (bicyclic) bond motifs is 2. The van der Waals surface area contributed by atoms with Gasteiger partial charge in [0.1, 0.15) is 40.9 Å². The topological polar surface area (TPSA) is 121 Å². The highest BCUT2D eigenvalue weighted by atomic mass is 35.5. The first kappa shape index (κ1) is 31.3. The molecule has 250 valence electrons. The van der Waals surface area contributed by atoms with E-state index >= 15 is 8.78 Å². The van der Waals surface area contributed by atoms with E-state index in [1.807, 2.05) is 23.9 Å². The van der Waals surface area contributed by atoms with Gasteiger partial charge >= 0.3 is 6.01 Å². The number of aromatic nitrogens is 2. The lowest BCUT2D eigenvalue weighted by Gasteiger charge is -2.51. The van der Waals surface area contributed by atoms with Crippen LogP contribution in [0.15, 0.2) is 12.1 Å². The molecule has 1 spiro atoms. The predicted octanol–water partition coefficient (Wildman–Crippen LogP) is 6.11. The third kappa shape index (κ3) is 4.67. The highest BCUT2D eigenvalue weighted by molar-refractivity contribution is 7.23. The van der Waals surface area contributed by atoms with Crippen molar-refractivity contribution in [3.63, 3.8) is 0 Å². The van der Waals surface area contributed by atoms with Gasteiger partial charge in [0.05, 0.1) is 32.8 Å². The molecule has 4 aliphatic rings. The summed E-state index contributed by atoms with van der Waals surface area (Å²) in [4.78, 5) is 29.4. The number of anilines is 2. The number of halogens is 3. The van der Waals surface area contributed by atoms with E-state index in [9.17, 15) is 10.1 Å². The minimum atomic E-state index is -0.772. The lowest BCUT2D eigenvalue weighted by Crippen LogP contribution is -2.61. The van der Waals surface area contributed by atoms with Crippen molar-refractivity contribution in [2.24, 2.45) is 0 Å². The minimum Gasteiger partial charge on any atom is -0.489 e. The molecular weight excluding hydrogens is 660 g/mol. The SMILES string of the molecule is CN1CCC[C@H]1C1CCC(=O)N(C)C2(CCC2)CN2CCOc3c(Cl)c(-c4ccc(F)c5sc(N)c(C#N)c45)c(F)c4nc(nc2c34)O1. The number of carbonyl (C=O) groups excluding carboxylic acids is 1. The van der Waals surface area contributed by atoms with Crippen molar-refractivity contribution in [1.82, 2.24) is 19.8 Å². The number of ether oxygens (including phenoxy) is 2. The van der Waals surface area contributed by atoms with Crippen LogP contribution in [0.3, 0.4) is 0 Å². The smallest absolute Gasteiger partial charge is 0.319 e. The molecule has 0 radical (unpaired) electrons. The van der Waals surface area contributed by atoms with Gasteiger partial charge in [-0.1, -0.05) is 17.7 Å². The van der Waals surface area contributed by atoms with Gasteiger partial charge in [-0.2, -0.15) is 15.2 Å². The Bertz CT molecular complexity index is 2050. The van der Waals surface area contributed by atoms with Crippen LogP contribution in [0.2, 0.25) is 5.02 Å². The van der Waals surface area contributed by atoms with E-state index < -0.39 is 23.3 Å². The summed E-state index contributed by atoms with van der Waals surface area (Å²) in [6, 6.07) is 4.70. The summed E-state index contributed by atoms with van der Waals surface area (Å²) in [7, 11) is 3.92. The van der Waals surface area contributed by atoms with Gasteiger partial charge in [-0.05, 0) is 63.7 Å². The second-order valence-electron chi connectivity index (χ2n) is 13.3. The summed E-state index contributed by atoms with van der Waals surface area (Å²) in [5.41, 5.74) is 5.83. The Morgan fingerprint density at radius 1 is 1.15 bits per heavy atom. The maximum absolute atomic E-state index is 17.3. The number of likely N-dealkylation sites (N-methyl/N-ethyl adjacent to an activating group) is 2. The first-order valence-corrected chi connectivity index (χ1v) is 17.5. The Balaban J connectivity index is 1.39. The molecule has 2 bridgehead atoms. The molecule has 1 saturated heterocycles. The second kappa shape index (κ2) is 11.6. The molecule has 48 heavy (non-hydrogen) atoms. The van der Waals surface area contributed by atoms with Crippen LogP contribution in [0.25, 0.3) is 32.1 Å². The van der Waals surface area contributed by atoms with Crippen LogP contribution in [-0.4, -0.2) is 83.7 Å². The van der Waals surface area contributed by atoms with Crippen LogP contribution in [-0.2, 0) is 4.79 Å². The predicted molar refractivity (Wildman–Crippen MR) is 181 cm³/mol. The molecule has 8 rings (SSSR count). The Labute approximate surface area is 285 Å². The van der Waals surface area contributed by atoms with Crippen molar-refractivity contribution in [3.8, 4) is 29.0 Å². The monoisotopic (exact) mass is 693 g/mol. The highest BCUT2D eigenvalue weighted by Gasteiger charge is 2.46. The highest BCUT2D eigenvalue weighted by Crippen LogP contribution is 2.51. The number of benzene rings is 2. The molecule has 1 aliphatic carbocycles. The van der Waals surface area contributed by atoms with E-state index in [2.05, 4.69) is 16.0 Å². The van der Waals surface area contributed by atoms with E-state index in [-0.39, 0.29) is 72.6 Å². The molecule has 1 unspecified atom stereocenters. The van der Waals surface area contributed by atoms with Crippen LogP contribution < -0.4 is 20.1 Å². The van der Waals surface area contributed by atoms with Crippen molar-refractivity contribution in [2.45, 2.75) is 62.6 Å².